The van der Waals surface area contributed by atoms with E-state index in [9.17, 15) is 14.4 Å². The van der Waals surface area contributed by atoms with Crippen LogP contribution in [-0.4, -0.2) is 29.3 Å². The van der Waals surface area contributed by atoms with E-state index < -0.39 is 5.97 Å². The van der Waals surface area contributed by atoms with Gasteiger partial charge in [0.25, 0.3) is 0 Å². The second-order valence-corrected chi connectivity index (χ2v) is 2.21. The number of amides is 1. The molecule has 5 nitrogen and oxygen atoms in total. The van der Waals surface area contributed by atoms with Gasteiger partial charge in [0.1, 0.15) is 12.3 Å². The first-order valence-electron chi connectivity index (χ1n) is 3.29. The molecule has 0 aliphatic heterocycles. The molecule has 0 bridgehead atoms. The molecule has 2 N–H and O–H groups in total. The van der Waals surface area contributed by atoms with Crippen LogP contribution in [0.1, 0.15) is 20.8 Å². The summed E-state index contributed by atoms with van der Waals surface area (Å²) in [5.74, 6) is -1.19. The second-order valence-electron chi connectivity index (χ2n) is 2.21. The topological polar surface area (TPSA) is 83.5 Å². The Kier molecular flexibility index (Phi) is 8.50. The lowest BCUT2D eigenvalue weighted by molar-refractivity contribution is -0.137. The van der Waals surface area contributed by atoms with E-state index in [4.69, 9.17) is 5.11 Å². The first kappa shape index (κ1) is 13.2. The predicted molar refractivity (Wildman–Crippen MR) is 42.7 cm³/mol. The third-order valence-electron chi connectivity index (χ3n) is 0.489. The maximum absolute atomic E-state index is 9.97. The maximum Gasteiger partial charge on any atom is 0.322 e. The van der Waals surface area contributed by atoms with E-state index in [-0.39, 0.29) is 18.2 Å². The number of carboxylic acid groups (broad SMARTS) is 1. The quantitative estimate of drug-likeness (QED) is 0.609. The number of carbonyl (C=O) groups is 3. The average Bonchev–Trinajstić information content (AvgIpc) is 1.82. The number of hydrogen-bond acceptors (Lipinski definition) is 3. The van der Waals surface area contributed by atoms with E-state index in [1.165, 1.54) is 20.8 Å². The van der Waals surface area contributed by atoms with Gasteiger partial charge in [0.15, 0.2) is 0 Å². The molecule has 0 atom stereocenters. The van der Waals surface area contributed by atoms with Crippen molar-refractivity contribution in [2.24, 2.45) is 0 Å². The highest BCUT2D eigenvalue weighted by Gasteiger charge is 1.94. The number of hydrogen-bond donors (Lipinski definition) is 2. The van der Waals surface area contributed by atoms with Crippen molar-refractivity contribution < 1.29 is 19.5 Å². The highest BCUT2D eigenvalue weighted by molar-refractivity contribution is 5.79. The van der Waals surface area contributed by atoms with Crippen molar-refractivity contribution in [1.29, 1.82) is 0 Å². The molecule has 0 aromatic rings. The molecule has 0 spiro atoms. The van der Waals surface area contributed by atoms with E-state index in [1.807, 2.05) is 0 Å². The van der Waals surface area contributed by atoms with Gasteiger partial charge in [-0.05, 0) is 13.8 Å². The summed E-state index contributed by atoms with van der Waals surface area (Å²) in [5, 5.41) is 10.1. The van der Waals surface area contributed by atoms with Gasteiger partial charge in [0.2, 0.25) is 5.91 Å². The second kappa shape index (κ2) is 7.71. The Hall–Kier alpha value is -1.39. The van der Waals surface area contributed by atoms with Gasteiger partial charge in [0.05, 0.1) is 0 Å². The molecule has 5 heteroatoms. The van der Waals surface area contributed by atoms with Gasteiger partial charge in [-0.2, -0.15) is 0 Å². The molecule has 0 saturated heterocycles. The fraction of sp³-hybridized carbons (Fsp3) is 0.571. The third kappa shape index (κ3) is 38.3. The zero-order chi connectivity index (χ0) is 10.1. The van der Waals surface area contributed by atoms with Crippen molar-refractivity contribution in [3.63, 3.8) is 0 Å². The molecule has 0 radical (unpaired) electrons. The molecule has 0 saturated carbocycles. The van der Waals surface area contributed by atoms with E-state index in [0.29, 0.717) is 0 Å². The molecule has 0 fully saturated rings. The largest absolute Gasteiger partial charge is 0.480 e. The van der Waals surface area contributed by atoms with E-state index >= 15 is 0 Å². The number of rotatable bonds is 2. The van der Waals surface area contributed by atoms with Crippen LogP contribution in [-0.2, 0) is 14.4 Å². The van der Waals surface area contributed by atoms with Crippen molar-refractivity contribution in [3.8, 4) is 0 Å². The first-order chi connectivity index (χ1) is 5.36. The van der Waals surface area contributed by atoms with Crippen molar-refractivity contribution in [1.82, 2.24) is 5.32 Å². The fourth-order valence-electron chi connectivity index (χ4n) is 0.200. The van der Waals surface area contributed by atoms with E-state index in [0.717, 1.165) is 0 Å². The molecule has 0 aliphatic carbocycles. The summed E-state index contributed by atoms with van der Waals surface area (Å²) in [6.07, 6.45) is 0. The fourth-order valence-corrected chi connectivity index (χ4v) is 0.200. The van der Waals surface area contributed by atoms with Crippen LogP contribution in [0.15, 0.2) is 0 Å². The lowest BCUT2D eigenvalue weighted by Gasteiger charge is -1.92. The molecule has 0 rings (SSSR count). The SMILES string of the molecule is CC(=O)NCC(=O)O.CC(C)=O. The summed E-state index contributed by atoms with van der Waals surface area (Å²) in [4.78, 5) is 29.1. The Balaban J connectivity index is 0. The van der Waals surface area contributed by atoms with Crippen molar-refractivity contribution in [3.05, 3.63) is 0 Å². The predicted octanol–water partition coefficient (Wildman–Crippen LogP) is -0.198. The molecule has 12 heavy (non-hydrogen) atoms. The minimum atomic E-state index is -1.03. The molecule has 0 heterocycles. The third-order valence-corrected chi connectivity index (χ3v) is 0.489. The molecule has 0 aromatic carbocycles. The van der Waals surface area contributed by atoms with Gasteiger partial charge >= 0.3 is 5.97 Å². The minimum Gasteiger partial charge on any atom is -0.480 e. The molecule has 1 amide bonds. The van der Waals surface area contributed by atoms with Gasteiger partial charge in [-0.1, -0.05) is 0 Å². The van der Waals surface area contributed by atoms with Crippen LogP contribution in [0, 0.1) is 0 Å². The van der Waals surface area contributed by atoms with Gasteiger partial charge in [-0.25, -0.2) is 0 Å². The van der Waals surface area contributed by atoms with Gasteiger partial charge in [0, 0.05) is 6.92 Å². The molecule has 0 aliphatic rings. The number of carboxylic acids is 1. The van der Waals surface area contributed by atoms with Crippen molar-refractivity contribution in [2.45, 2.75) is 20.8 Å². The van der Waals surface area contributed by atoms with Gasteiger partial charge in [-0.15, -0.1) is 0 Å². The van der Waals surface area contributed by atoms with Crippen molar-refractivity contribution >= 4 is 17.7 Å². The van der Waals surface area contributed by atoms with E-state index in [1.54, 1.807) is 0 Å². The number of nitrogens with one attached hydrogen (secondary N) is 1. The Morgan fingerprint density at radius 2 is 1.50 bits per heavy atom. The normalized spacial score (nSPS) is 7.58. The summed E-state index contributed by atoms with van der Waals surface area (Å²) in [6, 6.07) is 0. The summed E-state index contributed by atoms with van der Waals surface area (Å²) in [5.41, 5.74) is 0. The van der Waals surface area contributed by atoms with Crippen molar-refractivity contribution in [2.75, 3.05) is 6.54 Å². The molecule has 0 aromatic heterocycles. The summed E-state index contributed by atoms with van der Waals surface area (Å²) in [6.45, 7) is 4.03. The molecular weight excluding hydrogens is 162 g/mol. The Morgan fingerprint density at radius 3 is 1.58 bits per heavy atom. The Labute approximate surface area is 70.8 Å². The molecule has 70 valence electrons. The maximum atomic E-state index is 9.97. The number of ketones is 1. The highest BCUT2D eigenvalue weighted by atomic mass is 16.4. The van der Waals surface area contributed by atoms with Gasteiger partial charge < -0.3 is 15.2 Å². The lowest BCUT2D eigenvalue weighted by Crippen LogP contribution is -2.26. The summed E-state index contributed by atoms with van der Waals surface area (Å²) >= 11 is 0. The van der Waals surface area contributed by atoms with Crippen LogP contribution in [0.3, 0.4) is 0 Å². The van der Waals surface area contributed by atoms with Crippen LogP contribution in [0.4, 0.5) is 0 Å². The van der Waals surface area contributed by atoms with Crippen LogP contribution < -0.4 is 5.32 Å². The zero-order valence-electron chi connectivity index (χ0n) is 7.38. The van der Waals surface area contributed by atoms with E-state index in [2.05, 4.69) is 5.32 Å². The van der Waals surface area contributed by atoms with Crippen LogP contribution in [0.25, 0.3) is 0 Å². The molecular formula is C7H13NO4. The number of aliphatic carboxylic acids is 1. The monoisotopic (exact) mass is 175 g/mol. The highest BCUT2D eigenvalue weighted by Crippen LogP contribution is 1.60. The zero-order valence-corrected chi connectivity index (χ0v) is 7.38. The standard InChI is InChI=1S/C4H7NO3.C3H6O/c1-3(6)5-2-4(7)8;1-3(2)4/h2H2,1H3,(H,5,6)(H,7,8);1-2H3. The van der Waals surface area contributed by atoms with Crippen LogP contribution >= 0.6 is 0 Å². The number of Topliss-reactive ketones (excluding diaryl/α,β-unsaturated/α-hetero) is 1. The Bertz CT molecular complexity index is 158. The number of carbonyl (C=O) groups excluding carboxylic acids is 2. The van der Waals surface area contributed by atoms with Crippen LogP contribution in [0.5, 0.6) is 0 Å². The summed E-state index contributed by atoms with van der Waals surface area (Å²) < 4.78 is 0. The summed E-state index contributed by atoms with van der Waals surface area (Å²) in [7, 11) is 0. The minimum absolute atomic E-state index is 0.167. The van der Waals surface area contributed by atoms with Gasteiger partial charge in [-0.3, -0.25) is 9.59 Å². The average molecular weight is 175 g/mol. The molecule has 0 unspecified atom stereocenters. The lowest BCUT2D eigenvalue weighted by atomic mass is 10.6. The van der Waals surface area contributed by atoms with Crippen LogP contribution in [0.2, 0.25) is 0 Å². The first-order valence-corrected chi connectivity index (χ1v) is 3.29. The smallest absolute Gasteiger partial charge is 0.322 e. The Morgan fingerprint density at radius 1 is 1.17 bits per heavy atom.